The van der Waals surface area contributed by atoms with Crippen LogP contribution < -0.4 is 0 Å². The first-order valence-corrected chi connectivity index (χ1v) is 4.58. The van der Waals surface area contributed by atoms with Crippen LogP contribution in [-0.4, -0.2) is 26.2 Å². The molecule has 2 rings (SSSR count). The van der Waals surface area contributed by atoms with Crippen molar-refractivity contribution in [2.75, 3.05) is 6.61 Å². The lowest BCUT2D eigenvalue weighted by Crippen LogP contribution is -1.97. The van der Waals surface area contributed by atoms with Gasteiger partial charge in [0.1, 0.15) is 5.82 Å². The van der Waals surface area contributed by atoms with Crippen LogP contribution in [0.3, 0.4) is 0 Å². The van der Waals surface area contributed by atoms with Crippen LogP contribution in [0.2, 0.25) is 0 Å². The van der Waals surface area contributed by atoms with Gasteiger partial charge in [-0.05, 0) is 18.6 Å². The first kappa shape index (κ1) is 9.02. The zero-order chi connectivity index (χ0) is 9.97. The van der Waals surface area contributed by atoms with Crippen molar-refractivity contribution >= 4 is 5.52 Å². The quantitative estimate of drug-likeness (QED) is 0.761. The molecule has 0 fully saturated rings. The summed E-state index contributed by atoms with van der Waals surface area (Å²) in [6.07, 6.45) is 3.04. The van der Waals surface area contributed by atoms with Crippen LogP contribution in [0.25, 0.3) is 5.52 Å². The fourth-order valence-corrected chi connectivity index (χ4v) is 1.51. The van der Waals surface area contributed by atoms with E-state index in [4.69, 9.17) is 5.11 Å². The van der Waals surface area contributed by atoms with Crippen LogP contribution in [-0.2, 0) is 6.42 Å². The molecular weight excluding hydrogens is 180 g/mol. The smallest absolute Gasteiger partial charge is 0.197 e. The average Bonchev–Trinajstić information content (AvgIpc) is 2.59. The van der Waals surface area contributed by atoms with E-state index in [0.717, 1.165) is 11.3 Å². The molecule has 4 heteroatoms. The van der Waals surface area contributed by atoms with Gasteiger partial charge in [0.2, 0.25) is 0 Å². The van der Waals surface area contributed by atoms with Crippen LogP contribution in [0.15, 0.2) is 24.4 Å². The van der Waals surface area contributed by atoms with E-state index < -0.39 is 0 Å². The molecule has 2 aromatic rings. The molecule has 74 valence electrons. The summed E-state index contributed by atoms with van der Waals surface area (Å²) in [7, 11) is 0. The van der Waals surface area contributed by atoms with E-state index in [9.17, 15) is 5.11 Å². The van der Waals surface area contributed by atoms with Gasteiger partial charge in [0.15, 0.2) is 5.88 Å². The Kier molecular flexibility index (Phi) is 2.37. The third-order valence-corrected chi connectivity index (χ3v) is 2.16. The van der Waals surface area contributed by atoms with E-state index in [2.05, 4.69) is 4.98 Å². The van der Waals surface area contributed by atoms with E-state index in [1.807, 2.05) is 6.07 Å². The number of fused-ring (bicyclic) bond motifs is 1. The summed E-state index contributed by atoms with van der Waals surface area (Å²) in [6, 6.07) is 5.29. The Bertz CT molecular complexity index is 437. The number of imidazole rings is 1. The van der Waals surface area contributed by atoms with Crippen LogP contribution in [0.4, 0.5) is 0 Å². The lowest BCUT2D eigenvalue weighted by atomic mass is 10.3. The van der Waals surface area contributed by atoms with Crippen LogP contribution >= 0.6 is 0 Å². The third kappa shape index (κ3) is 1.44. The van der Waals surface area contributed by atoms with Crippen molar-refractivity contribution in [1.82, 2.24) is 9.38 Å². The predicted molar refractivity (Wildman–Crippen MR) is 52.3 cm³/mol. The fourth-order valence-electron chi connectivity index (χ4n) is 1.51. The summed E-state index contributed by atoms with van der Waals surface area (Å²) in [4.78, 5) is 4.19. The lowest BCUT2D eigenvalue weighted by Gasteiger charge is -2.02. The third-order valence-electron chi connectivity index (χ3n) is 2.16. The van der Waals surface area contributed by atoms with E-state index in [1.165, 1.54) is 0 Å². The topological polar surface area (TPSA) is 57.8 Å². The molecule has 0 amide bonds. The van der Waals surface area contributed by atoms with Gasteiger partial charge in [-0.2, -0.15) is 0 Å². The maximum atomic E-state index is 9.60. The lowest BCUT2D eigenvalue weighted by molar-refractivity contribution is 0.287. The molecule has 4 nitrogen and oxygen atoms in total. The van der Waals surface area contributed by atoms with Crippen molar-refractivity contribution in [3.8, 4) is 5.88 Å². The molecule has 0 saturated carbocycles. The van der Waals surface area contributed by atoms with Gasteiger partial charge in [-0.3, -0.25) is 4.40 Å². The van der Waals surface area contributed by atoms with E-state index in [-0.39, 0.29) is 12.5 Å². The molecule has 2 N–H and O–H groups in total. The first-order chi connectivity index (χ1) is 6.83. The Hall–Kier alpha value is -1.55. The number of aliphatic hydroxyl groups excluding tert-OH is 1. The molecule has 0 aliphatic rings. The number of rotatable bonds is 3. The van der Waals surface area contributed by atoms with E-state index >= 15 is 0 Å². The molecule has 0 radical (unpaired) electrons. The highest BCUT2D eigenvalue weighted by molar-refractivity contribution is 5.48. The molecule has 0 aromatic carbocycles. The molecule has 14 heavy (non-hydrogen) atoms. The largest absolute Gasteiger partial charge is 0.494 e. The van der Waals surface area contributed by atoms with Gasteiger partial charge in [-0.1, -0.05) is 6.07 Å². The molecule has 2 heterocycles. The molecule has 0 atom stereocenters. The summed E-state index contributed by atoms with van der Waals surface area (Å²) in [5.41, 5.74) is 0.873. The summed E-state index contributed by atoms with van der Waals surface area (Å²) in [6.45, 7) is 0.141. The highest BCUT2D eigenvalue weighted by atomic mass is 16.3. The number of hydrogen-bond donors (Lipinski definition) is 2. The SMILES string of the molecule is OCCCc1ncc2cccc(O)n12. The Morgan fingerprint density at radius 3 is 3.00 bits per heavy atom. The van der Waals surface area contributed by atoms with E-state index in [0.29, 0.717) is 12.8 Å². The van der Waals surface area contributed by atoms with Gasteiger partial charge in [0, 0.05) is 13.0 Å². The Morgan fingerprint density at radius 1 is 1.36 bits per heavy atom. The highest BCUT2D eigenvalue weighted by Crippen LogP contribution is 2.16. The van der Waals surface area contributed by atoms with Gasteiger partial charge in [-0.25, -0.2) is 4.98 Å². The van der Waals surface area contributed by atoms with Gasteiger partial charge >= 0.3 is 0 Å². The van der Waals surface area contributed by atoms with E-state index in [1.54, 1.807) is 22.7 Å². The molecule has 0 aliphatic carbocycles. The minimum absolute atomic E-state index is 0.141. The molecule has 0 spiro atoms. The van der Waals surface area contributed by atoms with Crippen LogP contribution in [0.5, 0.6) is 5.88 Å². The zero-order valence-corrected chi connectivity index (χ0v) is 7.72. The zero-order valence-electron chi connectivity index (χ0n) is 7.72. The van der Waals surface area contributed by atoms with Gasteiger partial charge < -0.3 is 10.2 Å². The van der Waals surface area contributed by atoms with Crippen LogP contribution in [0, 0.1) is 0 Å². The number of pyridine rings is 1. The van der Waals surface area contributed by atoms with Crippen molar-refractivity contribution < 1.29 is 10.2 Å². The summed E-state index contributed by atoms with van der Waals surface area (Å²) >= 11 is 0. The summed E-state index contributed by atoms with van der Waals surface area (Å²) in [5.74, 6) is 0.972. The van der Waals surface area contributed by atoms with Crippen LogP contribution in [0.1, 0.15) is 12.2 Å². The Morgan fingerprint density at radius 2 is 2.21 bits per heavy atom. The molecule has 0 aliphatic heterocycles. The summed E-state index contributed by atoms with van der Waals surface area (Å²) in [5, 5.41) is 18.3. The number of aliphatic hydroxyl groups is 1. The van der Waals surface area contributed by atoms with Crippen molar-refractivity contribution in [3.63, 3.8) is 0 Å². The minimum Gasteiger partial charge on any atom is -0.494 e. The van der Waals surface area contributed by atoms with Gasteiger partial charge in [0.25, 0.3) is 0 Å². The molecule has 0 bridgehead atoms. The monoisotopic (exact) mass is 192 g/mol. The normalized spacial score (nSPS) is 10.9. The van der Waals surface area contributed by atoms with Crippen molar-refractivity contribution in [1.29, 1.82) is 0 Å². The number of aryl methyl sites for hydroxylation is 1. The number of hydrogen-bond acceptors (Lipinski definition) is 3. The van der Waals surface area contributed by atoms with Crippen molar-refractivity contribution in [3.05, 3.63) is 30.2 Å². The maximum absolute atomic E-state index is 9.60. The highest BCUT2D eigenvalue weighted by Gasteiger charge is 2.05. The predicted octanol–water partition coefficient (Wildman–Crippen LogP) is 0.965. The second-order valence-corrected chi connectivity index (χ2v) is 3.15. The Balaban J connectivity index is 2.45. The number of aromatic nitrogens is 2. The number of aromatic hydroxyl groups is 1. The van der Waals surface area contributed by atoms with Gasteiger partial charge in [-0.15, -0.1) is 0 Å². The van der Waals surface area contributed by atoms with Gasteiger partial charge in [0.05, 0.1) is 11.7 Å². The second kappa shape index (κ2) is 3.67. The average molecular weight is 192 g/mol. The molecule has 0 saturated heterocycles. The number of nitrogens with zero attached hydrogens (tertiary/aromatic N) is 2. The first-order valence-electron chi connectivity index (χ1n) is 4.58. The Labute approximate surface area is 81.5 Å². The molecule has 2 aromatic heterocycles. The van der Waals surface area contributed by atoms with Crippen molar-refractivity contribution in [2.45, 2.75) is 12.8 Å². The molecule has 0 unspecified atom stereocenters. The molecular formula is C10H12N2O2. The maximum Gasteiger partial charge on any atom is 0.197 e. The van der Waals surface area contributed by atoms with Crippen molar-refractivity contribution in [2.24, 2.45) is 0 Å². The second-order valence-electron chi connectivity index (χ2n) is 3.15. The standard InChI is InChI=1S/C10H12N2O2/c13-6-2-4-9-11-7-8-3-1-5-10(14)12(8)9/h1,3,5,7,13-14H,2,4,6H2. The minimum atomic E-state index is 0.141. The fraction of sp³-hybridized carbons (Fsp3) is 0.300. The summed E-state index contributed by atoms with van der Waals surface area (Å²) < 4.78 is 1.69.